The molecule has 2 N–H and O–H groups in total. The Hall–Kier alpha value is -1.76. The smallest absolute Gasteiger partial charge is 0.381 e. The van der Waals surface area contributed by atoms with Gasteiger partial charge in [0.1, 0.15) is 0 Å². The van der Waals surface area contributed by atoms with Crippen LogP contribution in [0.1, 0.15) is 18.2 Å². The highest BCUT2D eigenvalue weighted by Gasteiger charge is 2.35. The third-order valence-corrected chi connectivity index (χ3v) is 2.86. The van der Waals surface area contributed by atoms with Crippen LogP contribution >= 0.6 is 11.6 Å². The maximum absolute atomic E-state index is 13.0. The van der Waals surface area contributed by atoms with Crippen molar-refractivity contribution in [1.82, 2.24) is 15.0 Å². The van der Waals surface area contributed by atoms with Gasteiger partial charge in [-0.15, -0.1) is 5.10 Å². The lowest BCUT2D eigenvalue weighted by Gasteiger charge is -2.14. The third-order valence-electron chi connectivity index (χ3n) is 2.62. The van der Waals surface area contributed by atoms with Crippen LogP contribution in [-0.4, -0.2) is 15.0 Å². The number of anilines is 1. The van der Waals surface area contributed by atoms with Gasteiger partial charge in [0.2, 0.25) is 0 Å². The molecule has 0 atom stereocenters. The van der Waals surface area contributed by atoms with Crippen LogP contribution in [0.5, 0.6) is 0 Å². The molecule has 0 aliphatic carbocycles. The number of aromatic nitrogens is 3. The average Bonchev–Trinajstić information content (AvgIpc) is 2.69. The van der Waals surface area contributed by atoms with Gasteiger partial charge in [-0.1, -0.05) is 23.7 Å². The van der Waals surface area contributed by atoms with Crippen molar-refractivity contribution in [2.75, 3.05) is 5.73 Å². The molecule has 0 saturated heterocycles. The Labute approximate surface area is 112 Å². The number of nitrogens with two attached hydrogens (primary N) is 1. The van der Waals surface area contributed by atoms with Gasteiger partial charge in [0.05, 0.1) is 16.9 Å². The van der Waals surface area contributed by atoms with E-state index in [4.69, 9.17) is 17.3 Å². The monoisotopic (exact) mass is 290 g/mol. The van der Waals surface area contributed by atoms with Crippen molar-refractivity contribution in [3.63, 3.8) is 0 Å². The summed E-state index contributed by atoms with van der Waals surface area (Å²) in [4.78, 5) is 0. The van der Waals surface area contributed by atoms with Crippen LogP contribution < -0.4 is 5.73 Å². The Morgan fingerprint density at radius 3 is 2.63 bits per heavy atom. The van der Waals surface area contributed by atoms with Crippen molar-refractivity contribution in [1.29, 1.82) is 0 Å². The highest BCUT2D eigenvalue weighted by atomic mass is 35.5. The molecule has 8 heteroatoms. The standard InChI is InChI=1S/C11H10ClF3N4/c1-2-8-10(16)17-18-19(8)9-4-3-6(12)5-7(9)11(13,14)15/h3-5H,2,16H2,1H3. The van der Waals surface area contributed by atoms with Gasteiger partial charge in [0, 0.05) is 5.02 Å². The number of benzene rings is 1. The molecule has 0 bridgehead atoms. The first-order chi connectivity index (χ1) is 8.84. The normalized spacial score (nSPS) is 11.8. The second-order valence-electron chi connectivity index (χ2n) is 3.85. The largest absolute Gasteiger partial charge is 0.418 e. The van der Waals surface area contributed by atoms with E-state index in [0.717, 1.165) is 10.7 Å². The van der Waals surface area contributed by atoms with Crippen LogP contribution in [0.3, 0.4) is 0 Å². The highest BCUT2D eigenvalue weighted by Crippen LogP contribution is 2.36. The van der Waals surface area contributed by atoms with Gasteiger partial charge in [-0.2, -0.15) is 13.2 Å². The van der Waals surface area contributed by atoms with E-state index < -0.39 is 11.7 Å². The zero-order valence-corrected chi connectivity index (χ0v) is 10.6. The van der Waals surface area contributed by atoms with E-state index in [0.29, 0.717) is 12.1 Å². The molecule has 1 aromatic carbocycles. The van der Waals surface area contributed by atoms with Crippen LogP contribution in [0.4, 0.5) is 19.0 Å². The van der Waals surface area contributed by atoms with E-state index in [-0.39, 0.29) is 16.5 Å². The molecular formula is C11H10ClF3N4. The lowest BCUT2D eigenvalue weighted by Crippen LogP contribution is -2.13. The van der Waals surface area contributed by atoms with Gasteiger partial charge < -0.3 is 5.73 Å². The predicted molar refractivity (Wildman–Crippen MR) is 65.2 cm³/mol. The summed E-state index contributed by atoms with van der Waals surface area (Å²) in [6.45, 7) is 1.76. The summed E-state index contributed by atoms with van der Waals surface area (Å²) in [5.74, 6) is 0.116. The van der Waals surface area contributed by atoms with Crippen LogP contribution in [0.25, 0.3) is 5.69 Å². The van der Waals surface area contributed by atoms with Crippen molar-refractivity contribution < 1.29 is 13.2 Å². The maximum Gasteiger partial charge on any atom is 0.418 e. The fourth-order valence-corrected chi connectivity index (χ4v) is 1.93. The Morgan fingerprint density at radius 2 is 2.05 bits per heavy atom. The number of nitrogens with zero attached hydrogens (tertiary/aromatic N) is 3. The molecule has 0 fully saturated rings. The second kappa shape index (κ2) is 4.73. The summed E-state index contributed by atoms with van der Waals surface area (Å²) in [5.41, 5.74) is 4.98. The summed E-state index contributed by atoms with van der Waals surface area (Å²) >= 11 is 5.62. The molecule has 102 valence electrons. The van der Waals surface area contributed by atoms with E-state index in [9.17, 15) is 13.2 Å². The Kier molecular flexibility index (Phi) is 3.40. The summed E-state index contributed by atoms with van der Waals surface area (Å²) in [6, 6.07) is 3.47. The van der Waals surface area contributed by atoms with Crippen molar-refractivity contribution in [3.05, 3.63) is 34.5 Å². The molecule has 0 amide bonds. The lowest BCUT2D eigenvalue weighted by molar-refractivity contribution is -0.137. The van der Waals surface area contributed by atoms with Gasteiger partial charge in [-0.05, 0) is 24.6 Å². The molecule has 0 saturated carbocycles. The van der Waals surface area contributed by atoms with Gasteiger partial charge in [-0.25, -0.2) is 4.68 Å². The molecular weight excluding hydrogens is 281 g/mol. The van der Waals surface area contributed by atoms with E-state index in [1.165, 1.54) is 12.1 Å². The Bertz CT molecular complexity index is 606. The van der Waals surface area contributed by atoms with Gasteiger partial charge in [0.25, 0.3) is 0 Å². The maximum atomic E-state index is 13.0. The number of hydrogen-bond acceptors (Lipinski definition) is 3. The number of halogens is 4. The van der Waals surface area contributed by atoms with Crippen molar-refractivity contribution >= 4 is 17.4 Å². The second-order valence-corrected chi connectivity index (χ2v) is 4.28. The van der Waals surface area contributed by atoms with Gasteiger partial charge in [0.15, 0.2) is 5.82 Å². The molecule has 0 aliphatic heterocycles. The van der Waals surface area contributed by atoms with Crippen LogP contribution in [0.2, 0.25) is 5.02 Å². The number of hydrogen-bond donors (Lipinski definition) is 1. The van der Waals surface area contributed by atoms with E-state index in [2.05, 4.69) is 10.3 Å². The molecule has 4 nitrogen and oxygen atoms in total. The molecule has 1 heterocycles. The first-order valence-corrected chi connectivity index (χ1v) is 5.79. The number of alkyl halides is 3. The minimum absolute atomic E-state index is 0.00205. The Balaban J connectivity index is 2.68. The molecule has 19 heavy (non-hydrogen) atoms. The van der Waals surface area contributed by atoms with Gasteiger partial charge >= 0.3 is 6.18 Å². The zero-order chi connectivity index (χ0) is 14.2. The molecule has 2 rings (SSSR count). The third kappa shape index (κ3) is 2.51. The van der Waals surface area contributed by atoms with Crippen molar-refractivity contribution in [2.45, 2.75) is 19.5 Å². The number of rotatable bonds is 2. The topological polar surface area (TPSA) is 56.7 Å². The molecule has 1 aromatic heterocycles. The van der Waals surface area contributed by atoms with Crippen LogP contribution in [-0.2, 0) is 12.6 Å². The summed E-state index contributed by atoms with van der Waals surface area (Å²) in [7, 11) is 0. The molecule has 0 aliphatic rings. The summed E-state index contributed by atoms with van der Waals surface area (Å²) < 4.78 is 40.1. The molecule has 2 aromatic rings. The fourth-order valence-electron chi connectivity index (χ4n) is 1.76. The SMILES string of the molecule is CCc1c(N)nnn1-c1ccc(Cl)cc1C(F)(F)F. The minimum atomic E-state index is -4.54. The van der Waals surface area contributed by atoms with Gasteiger partial charge in [-0.3, -0.25) is 0 Å². The average molecular weight is 291 g/mol. The summed E-state index contributed by atoms with van der Waals surface area (Å²) in [6.07, 6.45) is -4.12. The molecule has 0 radical (unpaired) electrons. The van der Waals surface area contributed by atoms with E-state index in [1.54, 1.807) is 6.92 Å². The van der Waals surface area contributed by atoms with Crippen LogP contribution in [0, 0.1) is 0 Å². The first kappa shape index (κ1) is 13.7. The first-order valence-electron chi connectivity index (χ1n) is 5.41. The Morgan fingerprint density at radius 1 is 1.37 bits per heavy atom. The van der Waals surface area contributed by atoms with Crippen molar-refractivity contribution in [2.24, 2.45) is 0 Å². The predicted octanol–water partition coefficient (Wildman–Crippen LogP) is 3.08. The fraction of sp³-hybridized carbons (Fsp3) is 0.273. The van der Waals surface area contributed by atoms with E-state index in [1.807, 2.05) is 0 Å². The van der Waals surface area contributed by atoms with E-state index >= 15 is 0 Å². The quantitative estimate of drug-likeness (QED) is 0.924. The number of nitrogen functional groups attached to an aromatic ring is 1. The van der Waals surface area contributed by atoms with Crippen molar-refractivity contribution in [3.8, 4) is 5.69 Å². The highest BCUT2D eigenvalue weighted by molar-refractivity contribution is 6.30. The van der Waals surface area contributed by atoms with Crippen LogP contribution in [0.15, 0.2) is 18.2 Å². The zero-order valence-electron chi connectivity index (χ0n) is 9.87. The minimum Gasteiger partial charge on any atom is -0.381 e. The summed E-state index contributed by atoms with van der Waals surface area (Å²) in [5, 5.41) is 7.26. The molecule has 0 spiro atoms. The lowest BCUT2D eigenvalue weighted by atomic mass is 10.1. The molecule has 0 unspecified atom stereocenters.